The molecule has 1 N–H and O–H groups in total. The van der Waals surface area contributed by atoms with Crippen molar-refractivity contribution in [3.8, 4) is 23.1 Å². The molecule has 0 saturated heterocycles. The highest BCUT2D eigenvalue weighted by Crippen LogP contribution is 2.28. The average Bonchev–Trinajstić information content (AvgIpc) is 3.04. The molecule has 1 saturated carbocycles. The highest BCUT2D eigenvalue weighted by atomic mass is 19.1. The molecule has 1 fully saturated rings. The minimum absolute atomic E-state index is 0.0731. The van der Waals surface area contributed by atoms with Gasteiger partial charge in [0.05, 0.1) is 11.8 Å². The normalized spacial score (nSPS) is 13.9. The van der Waals surface area contributed by atoms with Crippen LogP contribution in [0.5, 0.6) is 6.01 Å². The second kappa shape index (κ2) is 8.03. The number of benzene rings is 2. The number of nitrogens with zero attached hydrogens (tertiary/aromatic N) is 3. The van der Waals surface area contributed by atoms with Crippen LogP contribution in [0.3, 0.4) is 0 Å². The summed E-state index contributed by atoms with van der Waals surface area (Å²) in [6, 6.07) is 13.7. The summed E-state index contributed by atoms with van der Waals surface area (Å²) < 4.78 is 20.6. The number of carbonyl (C=O) groups excluding carboxylic acids is 1. The lowest BCUT2D eigenvalue weighted by Crippen LogP contribution is -2.27. The lowest BCUT2D eigenvalue weighted by molar-refractivity contribution is -0.122. The Labute approximate surface area is 168 Å². The smallest absolute Gasteiger partial charge is 0.336 e. The van der Waals surface area contributed by atoms with E-state index in [2.05, 4.69) is 15.4 Å². The summed E-state index contributed by atoms with van der Waals surface area (Å²) in [6.07, 6.45) is 2.97. The first kappa shape index (κ1) is 19.1. The van der Waals surface area contributed by atoms with Crippen molar-refractivity contribution in [2.24, 2.45) is 5.92 Å². The van der Waals surface area contributed by atoms with E-state index < -0.39 is 0 Å². The third kappa shape index (κ3) is 4.29. The van der Waals surface area contributed by atoms with Gasteiger partial charge in [-0.25, -0.2) is 9.07 Å². The van der Waals surface area contributed by atoms with E-state index in [9.17, 15) is 9.18 Å². The number of hydrogen-bond acceptors (Lipinski definition) is 4. The molecule has 29 heavy (non-hydrogen) atoms. The summed E-state index contributed by atoms with van der Waals surface area (Å²) in [5.74, 6) is 0.437. The molecule has 0 atom stereocenters. The Hall–Kier alpha value is -3.22. The summed E-state index contributed by atoms with van der Waals surface area (Å²) in [5.41, 5.74) is 2.23. The maximum Gasteiger partial charge on any atom is 0.336 e. The van der Waals surface area contributed by atoms with E-state index in [1.165, 1.54) is 12.1 Å². The van der Waals surface area contributed by atoms with Crippen LogP contribution in [0, 0.1) is 11.7 Å². The number of hydrogen-bond donors (Lipinski definition) is 1. The lowest BCUT2D eigenvalue weighted by Gasteiger charge is -2.24. The molecule has 3 aromatic rings. The summed E-state index contributed by atoms with van der Waals surface area (Å²) in [4.78, 5) is 16.6. The predicted molar refractivity (Wildman–Crippen MR) is 108 cm³/mol. The van der Waals surface area contributed by atoms with Gasteiger partial charge in [-0.2, -0.15) is 4.98 Å². The van der Waals surface area contributed by atoms with Crippen LogP contribution in [0.15, 0.2) is 48.5 Å². The van der Waals surface area contributed by atoms with E-state index in [4.69, 9.17) is 4.74 Å². The van der Waals surface area contributed by atoms with Gasteiger partial charge in [0.1, 0.15) is 5.82 Å². The highest BCUT2D eigenvalue weighted by molar-refractivity contribution is 5.93. The summed E-state index contributed by atoms with van der Waals surface area (Å²) in [6.45, 7) is 3.80. The minimum atomic E-state index is -0.315. The molecule has 0 radical (unpaired) electrons. The van der Waals surface area contributed by atoms with Gasteiger partial charge in [-0.05, 0) is 75.2 Å². The molecular formula is C22H23FN4O2. The van der Waals surface area contributed by atoms with Crippen molar-refractivity contribution in [2.75, 3.05) is 5.32 Å². The van der Waals surface area contributed by atoms with Gasteiger partial charge in [0.25, 0.3) is 0 Å². The number of amides is 1. The Kier molecular flexibility index (Phi) is 5.29. The minimum Gasteiger partial charge on any atom is -0.460 e. The van der Waals surface area contributed by atoms with Crippen molar-refractivity contribution in [2.45, 2.75) is 39.2 Å². The quantitative estimate of drug-likeness (QED) is 0.663. The summed E-state index contributed by atoms with van der Waals surface area (Å²) >= 11 is 0. The number of halogens is 1. The molecule has 1 amide bonds. The number of aromatic nitrogens is 3. The fourth-order valence-corrected chi connectivity index (χ4v) is 3.12. The SMILES string of the molecule is CC(C)Oc1nc(-c2ccc(F)cc2)n(-c2ccc(NC(=O)C3CCC3)cc2)n1. The molecule has 6 nitrogen and oxygen atoms in total. The van der Waals surface area contributed by atoms with E-state index in [-0.39, 0.29) is 29.8 Å². The van der Waals surface area contributed by atoms with Gasteiger partial charge in [-0.15, -0.1) is 5.10 Å². The maximum absolute atomic E-state index is 13.3. The average molecular weight is 394 g/mol. The zero-order valence-corrected chi connectivity index (χ0v) is 16.4. The van der Waals surface area contributed by atoms with Crippen LogP contribution in [0.4, 0.5) is 10.1 Å². The van der Waals surface area contributed by atoms with Crippen LogP contribution in [-0.4, -0.2) is 26.8 Å². The predicted octanol–water partition coefficient (Wildman–Crippen LogP) is 4.60. The van der Waals surface area contributed by atoms with Crippen LogP contribution in [0.25, 0.3) is 17.1 Å². The number of ether oxygens (including phenoxy) is 1. The Bertz CT molecular complexity index is 993. The molecule has 0 bridgehead atoms. The standard InChI is InChI=1S/C22H23FN4O2/c1-14(2)29-22-25-20(15-6-8-17(23)9-7-15)27(26-22)19-12-10-18(11-13-19)24-21(28)16-4-3-5-16/h6-14,16H,3-5H2,1-2H3,(H,24,28). The van der Waals surface area contributed by atoms with E-state index in [1.807, 2.05) is 38.1 Å². The number of nitrogens with one attached hydrogen (secondary N) is 1. The van der Waals surface area contributed by atoms with E-state index in [1.54, 1.807) is 16.8 Å². The molecule has 0 unspecified atom stereocenters. The van der Waals surface area contributed by atoms with Crippen LogP contribution in [-0.2, 0) is 4.79 Å². The molecule has 4 rings (SSSR count). The maximum atomic E-state index is 13.3. The van der Waals surface area contributed by atoms with E-state index >= 15 is 0 Å². The fourth-order valence-electron chi connectivity index (χ4n) is 3.12. The summed E-state index contributed by atoms with van der Waals surface area (Å²) in [7, 11) is 0. The van der Waals surface area contributed by atoms with Gasteiger partial charge in [-0.3, -0.25) is 4.79 Å². The molecule has 1 aliphatic rings. The monoisotopic (exact) mass is 394 g/mol. The van der Waals surface area contributed by atoms with Crippen molar-refractivity contribution in [3.05, 3.63) is 54.3 Å². The second-order valence-electron chi connectivity index (χ2n) is 7.47. The molecule has 7 heteroatoms. The Balaban J connectivity index is 1.62. The largest absolute Gasteiger partial charge is 0.460 e. The zero-order chi connectivity index (χ0) is 20.4. The van der Waals surface area contributed by atoms with Crippen molar-refractivity contribution in [1.82, 2.24) is 14.8 Å². The third-order valence-electron chi connectivity index (χ3n) is 4.89. The highest BCUT2D eigenvalue weighted by Gasteiger charge is 2.25. The van der Waals surface area contributed by atoms with E-state index in [0.29, 0.717) is 5.82 Å². The Morgan fingerprint density at radius 1 is 1.14 bits per heavy atom. The van der Waals surface area contributed by atoms with E-state index in [0.717, 1.165) is 36.2 Å². The van der Waals surface area contributed by atoms with Gasteiger partial charge in [0.15, 0.2) is 5.82 Å². The first-order valence-electron chi connectivity index (χ1n) is 9.80. The van der Waals surface area contributed by atoms with Crippen molar-refractivity contribution in [3.63, 3.8) is 0 Å². The molecule has 0 aliphatic heterocycles. The molecule has 1 heterocycles. The van der Waals surface area contributed by atoms with Crippen LogP contribution in [0.2, 0.25) is 0 Å². The first-order valence-corrected chi connectivity index (χ1v) is 9.80. The summed E-state index contributed by atoms with van der Waals surface area (Å²) in [5, 5.41) is 7.42. The van der Waals surface area contributed by atoms with Gasteiger partial charge < -0.3 is 10.1 Å². The molecule has 2 aromatic carbocycles. The van der Waals surface area contributed by atoms with Crippen LogP contribution < -0.4 is 10.1 Å². The van der Waals surface area contributed by atoms with Crippen molar-refractivity contribution >= 4 is 11.6 Å². The number of carbonyl (C=O) groups is 1. The Morgan fingerprint density at radius 2 is 1.83 bits per heavy atom. The number of rotatable bonds is 6. The number of anilines is 1. The van der Waals surface area contributed by atoms with Gasteiger partial charge >= 0.3 is 6.01 Å². The second-order valence-corrected chi connectivity index (χ2v) is 7.47. The van der Waals surface area contributed by atoms with Gasteiger partial charge in [0.2, 0.25) is 5.91 Å². The molecule has 0 spiro atoms. The third-order valence-corrected chi connectivity index (χ3v) is 4.89. The van der Waals surface area contributed by atoms with Crippen LogP contribution in [0.1, 0.15) is 33.1 Å². The van der Waals surface area contributed by atoms with Crippen molar-refractivity contribution < 1.29 is 13.9 Å². The van der Waals surface area contributed by atoms with Gasteiger partial charge in [0, 0.05) is 17.2 Å². The molecule has 1 aromatic heterocycles. The fraction of sp³-hybridized carbons (Fsp3) is 0.318. The van der Waals surface area contributed by atoms with Crippen LogP contribution >= 0.6 is 0 Å². The zero-order valence-electron chi connectivity index (χ0n) is 16.4. The molecule has 150 valence electrons. The first-order chi connectivity index (χ1) is 14.0. The lowest BCUT2D eigenvalue weighted by atomic mass is 9.85. The topological polar surface area (TPSA) is 69.0 Å². The van der Waals surface area contributed by atoms with Gasteiger partial charge in [-0.1, -0.05) is 6.42 Å². The molecular weight excluding hydrogens is 371 g/mol. The van der Waals surface area contributed by atoms with Crippen molar-refractivity contribution in [1.29, 1.82) is 0 Å². The molecule has 1 aliphatic carbocycles. The Morgan fingerprint density at radius 3 is 2.41 bits per heavy atom.